The van der Waals surface area contributed by atoms with E-state index < -0.39 is 0 Å². The zero-order chi connectivity index (χ0) is 14.8. The molecular formula is C15H8BrClFN3. The second-order valence-corrected chi connectivity index (χ2v) is 5.55. The molecule has 1 heterocycles. The lowest BCUT2D eigenvalue weighted by Crippen LogP contribution is -1.97. The maximum atomic E-state index is 13.1. The van der Waals surface area contributed by atoms with Crippen molar-refractivity contribution in [3.63, 3.8) is 0 Å². The van der Waals surface area contributed by atoms with Crippen molar-refractivity contribution in [2.75, 3.05) is 0 Å². The summed E-state index contributed by atoms with van der Waals surface area (Å²) < 4.78 is 14.0. The van der Waals surface area contributed by atoms with E-state index in [2.05, 4.69) is 31.1 Å². The third-order valence-corrected chi connectivity index (χ3v) is 3.58. The van der Waals surface area contributed by atoms with Gasteiger partial charge in [0.05, 0.1) is 0 Å². The molecule has 1 aromatic heterocycles. The predicted molar refractivity (Wildman–Crippen MR) is 83.4 cm³/mol. The van der Waals surface area contributed by atoms with Crippen LogP contribution >= 0.6 is 27.5 Å². The first kappa shape index (κ1) is 14.1. The average molecular weight is 365 g/mol. The lowest BCUT2D eigenvalue weighted by Gasteiger charge is -2.08. The zero-order valence-corrected chi connectivity index (χ0v) is 12.9. The van der Waals surface area contributed by atoms with Crippen molar-refractivity contribution in [1.29, 1.82) is 0 Å². The van der Waals surface area contributed by atoms with E-state index >= 15 is 0 Å². The maximum absolute atomic E-state index is 13.1. The minimum atomic E-state index is -0.308. The van der Waals surface area contributed by atoms with Crippen LogP contribution in [0.4, 0.5) is 4.39 Å². The van der Waals surface area contributed by atoms with Gasteiger partial charge < -0.3 is 0 Å². The lowest BCUT2D eigenvalue weighted by molar-refractivity contribution is 0.628. The highest BCUT2D eigenvalue weighted by molar-refractivity contribution is 9.10. The molecule has 0 atom stereocenters. The molecule has 0 saturated heterocycles. The zero-order valence-electron chi connectivity index (χ0n) is 10.6. The van der Waals surface area contributed by atoms with Crippen molar-refractivity contribution < 1.29 is 4.39 Å². The molecule has 0 radical (unpaired) electrons. The summed E-state index contributed by atoms with van der Waals surface area (Å²) in [4.78, 5) is 4.23. The lowest BCUT2D eigenvalue weighted by atomic mass is 10.0. The molecule has 0 unspecified atom stereocenters. The van der Waals surface area contributed by atoms with Crippen LogP contribution in [0.15, 0.2) is 53.0 Å². The molecule has 3 nitrogen and oxygen atoms in total. The van der Waals surface area contributed by atoms with Gasteiger partial charge in [-0.2, -0.15) is 0 Å². The summed E-state index contributed by atoms with van der Waals surface area (Å²) in [6.07, 6.45) is 0. The van der Waals surface area contributed by atoms with Crippen molar-refractivity contribution in [3.8, 4) is 22.5 Å². The molecule has 3 rings (SSSR count). The van der Waals surface area contributed by atoms with Crippen LogP contribution in [0, 0.1) is 5.82 Å². The quantitative estimate of drug-likeness (QED) is 0.658. The van der Waals surface area contributed by atoms with Gasteiger partial charge in [-0.05, 0) is 48.0 Å². The summed E-state index contributed by atoms with van der Waals surface area (Å²) in [6, 6.07) is 13.6. The van der Waals surface area contributed by atoms with Crippen LogP contribution in [0.3, 0.4) is 0 Å². The molecule has 0 amide bonds. The van der Waals surface area contributed by atoms with Crippen LogP contribution in [-0.2, 0) is 0 Å². The first-order valence-corrected chi connectivity index (χ1v) is 7.23. The first-order chi connectivity index (χ1) is 10.1. The van der Waals surface area contributed by atoms with E-state index in [1.165, 1.54) is 12.1 Å². The predicted octanol–water partition coefficient (Wildman–Crippen LogP) is 4.76. The number of hydrogen-bond donors (Lipinski definition) is 0. The van der Waals surface area contributed by atoms with Gasteiger partial charge in [0, 0.05) is 15.6 Å². The van der Waals surface area contributed by atoms with Gasteiger partial charge in [-0.15, -0.1) is 10.2 Å². The molecule has 2 aromatic carbocycles. The van der Waals surface area contributed by atoms with E-state index in [-0.39, 0.29) is 11.1 Å². The SMILES string of the molecule is Fc1ccc(-c2nc(Cl)nnc2-c2ccc(Br)cc2)cc1. The van der Waals surface area contributed by atoms with Crippen LogP contribution < -0.4 is 0 Å². The normalized spacial score (nSPS) is 10.6. The maximum Gasteiger partial charge on any atom is 0.243 e. The number of halogens is 3. The average Bonchev–Trinajstić information content (AvgIpc) is 2.49. The van der Waals surface area contributed by atoms with Crippen LogP contribution in [0.25, 0.3) is 22.5 Å². The molecule has 6 heteroatoms. The highest BCUT2D eigenvalue weighted by atomic mass is 79.9. The van der Waals surface area contributed by atoms with E-state index in [0.29, 0.717) is 11.4 Å². The Balaban J connectivity index is 2.17. The van der Waals surface area contributed by atoms with Crippen LogP contribution in [-0.4, -0.2) is 15.2 Å². The Morgan fingerprint density at radius 1 is 0.810 bits per heavy atom. The Morgan fingerprint density at radius 2 is 1.38 bits per heavy atom. The van der Waals surface area contributed by atoms with Gasteiger partial charge in [0.2, 0.25) is 5.28 Å². The second-order valence-electron chi connectivity index (χ2n) is 4.29. The Bertz CT molecular complexity index is 776. The fourth-order valence-electron chi connectivity index (χ4n) is 1.92. The summed E-state index contributed by atoms with van der Waals surface area (Å²) in [5.74, 6) is -0.308. The highest BCUT2D eigenvalue weighted by Gasteiger charge is 2.13. The fourth-order valence-corrected chi connectivity index (χ4v) is 2.30. The fraction of sp³-hybridized carbons (Fsp3) is 0. The molecule has 0 aliphatic rings. The van der Waals surface area contributed by atoms with E-state index in [1.54, 1.807) is 12.1 Å². The molecule has 0 aliphatic carbocycles. The third kappa shape index (κ3) is 3.09. The number of hydrogen-bond acceptors (Lipinski definition) is 3. The second kappa shape index (κ2) is 5.87. The number of nitrogens with zero attached hydrogens (tertiary/aromatic N) is 3. The molecule has 21 heavy (non-hydrogen) atoms. The van der Waals surface area contributed by atoms with Gasteiger partial charge in [-0.25, -0.2) is 9.37 Å². The van der Waals surface area contributed by atoms with Crippen molar-refractivity contribution >= 4 is 27.5 Å². The van der Waals surface area contributed by atoms with E-state index in [9.17, 15) is 4.39 Å². The Labute approximate surface area is 134 Å². The Kier molecular flexibility index (Phi) is 3.94. The van der Waals surface area contributed by atoms with E-state index in [1.807, 2.05) is 24.3 Å². The molecule has 0 N–H and O–H groups in total. The van der Waals surface area contributed by atoms with E-state index in [4.69, 9.17) is 11.6 Å². The molecule has 0 aliphatic heterocycles. The molecule has 104 valence electrons. The Morgan fingerprint density at radius 3 is 2.05 bits per heavy atom. The van der Waals surface area contributed by atoms with Gasteiger partial charge in [-0.1, -0.05) is 28.1 Å². The van der Waals surface area contributed by atoms with E-state index in [0.717, 1.165) is 15.6 Å². The summed E-state index contributed by atoms with van der Waals surface area (Å²) in [6.45, 7) is 0. The number of rotatable bonds is 2. The van der Waals surface area contributed by atoms with Crippen molar-refractivity contribution in [1.82, 2.24) is 15.2 Å². The van der Waals surface area contributed by atoms with Gasteiger partial charge in [0.1, 0.15) is 17.2 Å². The topological polar surface area (TPSA) is 38.7 Å². The summed E-state index contributed by atoms with van der Waals surface area (Å²) >= 11 is 9.23. The Hall–Kier alpha value is -1.85. The minimum absolute atomic E-state index is 0.0511. The minimum Gasteiger partial charge on any atom is -0.214 e. The highest BCUT2D eigenvalue weighted by Crippen LogP contribution is 2.29. The van der Waals surface area contributed by atoms with Gasteiger partial charge in [0.15, 0.2) is 0 Å². The molecular weight excluding hydrogens is 357 g/mol. The monoisotopic (exact) mass is 363 g/mol. The third-order valence-electron chi connectivity index (χ3n) is 2.90. The van der Waals surface area contributed by atoms with Crippen LogP contribution in [0.2, 0.25) is 5.28 Å². The smallest absolute Gasteiger partial charge is 0.214 e. The van der Waals surface area contributed by atoms with Gasteiger partial charge in [0.25, 0.3) is 0 Å². The standard InChI is InChI=1S/C15H8BrClFN3/c16-11-5-1-10(2-6-11)14-13(19-15(17)21-20-14)9-3-7-12(18)8-4-9/h1-8H. The number of aromatic nitrogens is 3. The van der Waals surface area contributed by atoms with Crippen molar-refractivity contribution in [3.05, 3.63) is 64.1 Å². The summed E-state index contributed by atoms with van der Waals surface area (Å²) in [7, 11) is 0. The van der Waals surface area contributed by atoms with Crippen molar-refractivity contribution in [2.24, 2.45) is 0 Å². The number of benzene rings is 2. The molecule has 3 aromatic rings. The first-order valence-electron chi connectivity index (χ1n) is 6.05. The van der Waals surface area contributed by atoms with Gasteiger partial charge in [-0.3, -0.25) is 0 Å². The molecule has 0 fully saturated rings. The molecule has 0 bridgehead atoms. The summed E-state index contributed by atoms with van der Waals surface area (Å²) in [5.41, 5.74) is 2.75. The molecule has 0 saturated carbocycles. The van der Waals surface area contributed by atoms with Crippen LogP contribution in [0.1, 0.15) is 0 Å². The van der Waals surface area contributed by atoms with Crippen LogP contribution in [0.5, 0.6) is 0 Å². The van der Waals surface area contributed by atoms with Crippen molar-refractivity contribution in [2.45, 2.75) is 0 Å². The largest absolute Gasteiger partial charge is 0.243 e. The van der Waals surface area contributed by atoms with Gasteiger partial charge >= 0.3 is 0 Å². The summed E-state index contributed by atoms with van der Waals surface area (Å²) in [5, 5.41) is 7.97. The molecule has 0 spiro atoms.